The maximum absolute atomic E-state index is 12.4. The molecule has 0 spiro atoms. The second-order valence-corrected chi connectivity index (χ2v) is 6.22. The third-order valence-electron chi connectivity index (χ3n) is 2.86. The molecule has 0 aliphatic rings. The standard InChI is InChI=1S/C14H13ClN4O4S/c1-18(2)17-13(21)9-5-6-24-14(9)16-12(20)10-7-8(15)3-4-11(10)19(22)23/h3-7H,1-2H3,(H,16,20)(H,17,21). The van der Waals surface area contributed by atoms with Crippen LogP contribution in [0, 0.1) is 10.1 Å². The van der Waals surface area contributed by atoms with Gasteiger partial charge in [-0.3, -0.25) is 25.1 Å². The molecule has 0 bridgehead atoms. The first-order valence-corrected chi connectivity index (χ1v) is 7.86. The van der Waals surface area contributed by atoms with E-state index in [0.29, 0.717) is 0 Å². The number of benzene rings is 1. The number of hydrogen-bond acceptors (Lipinski definition) is 6. The number of nitro groups is 1. The molecule has 8 nitrogen and oxygen atoms in total. The lowest BCUT2D eigenvalue weighted by molar-refractivity contribution is -0.385. The molecule has 2 amide bonds. The maximum Gasteiger partial charge on any atom is 0.282 e. The van der Waals surface area contributed by atoms with Gasteiger partial charge in [0, 0.05) is 25.2 Å². The van der Waals surface area contributed by atoms with E-state index in [-0.39, 0.29) is 26.8 Å². The summed E-state index contributed by atoms with van der Waals surface area (Å²) < 4.78 is 0. The number of carbonyl (C=O) groups excluding carboxylic acids is 2. The summed E-state index contributed by atoms with van der Waals surface area (Å²) in [5.41, 5.74) is 2.27. The molecular weight excluding hydrogens is 356 g/mol. The number of rotatable bonds is 5. The fourth-order valence-corrected chi connectivity index (χ4v) is 2.82. The number of anilines is 1. The molecule has 10 heteroatoms. The number of halogens is 1. The zero-order chi connectivity index (χ0) is 17.9. The first-order chi connectivity index (χ1) is 11.3. The van der Waals surface area contributed by atoms with E-state index in [0.717, 1.165) is 17.4 Å². The van der Waals surface area contributed by atoms with Gasteiger partial charge in [-0.2, -0.15) is 0 Å². The highest BCUT2D eigenvalue weighted by Crippen LogP contribution is 2.27. The SMILES string of the molecule is CN(C)NC(=O)c1ccsc1NC(=O)c1cc(Cl)ccc1[N+](=O)[O-]. The van der Waals surface area contributed by atoms with Crippen LogP contribution in [0.2, 0.25) is 5.02 Å². The third-order valence-corrected chi connectivity index (χ3v) is 3.93. The Morgan fingerprint density at radius 1 is 1.21 bits per heavy atom. The minimum Gasteiger partial charge on any atom is -0.313 e. The Kier molecular flexibility index (Phi) is 5.50. The minimum absolute atomic E-state index is 0.181. The molecule has 2 rings (SSSR count). The normalized spacial score (nSPS) is 10.5. The van der Waals surface area contributed by atoms with Gasteiger partial charge in [0.1, 0.15) is 10.6 Å². The lowest BCUT2D eigenvalue weighted by Crippen LogP contribution is -2.36. The van der Waals surface area contributed by atoms with Gasteiger partial charge < -0.3 is 5.32 Å². The fourth-order valence-electron chi connectivity index (χ4n) is 1.87. The third kappa shape index (κ3) is 4.07. The molecule has 0 saturated heterocycles. The van der Waals surface area contributed by atoms with Crippen molar-refractivity contribution in [1.29, 1.82) is 0 Å². The number of hydrazine groups is 1. The quantitative estimate of drug-likeness (QED) is 0.623. The summed E-state index contributed by atoms with van der Waals surface area (Å²) in [5.74, 6) is -1.12. The molecule has 0 saturated carbocycles. The van der Waals surface area contributed by atoms with Crippen LogP contribution in [0.3, 0.4) is 0 Å². The zero-order valence-corrected chi connectivity index (χ0v) is 14.3. The second-order valence-electron chi connectivity index (χ2n) is 4.87. The lowest BCUT2D eigenvalue weighted by atomic mass is 10.1. The van der Waals surface area contributed by atoms with Crippen LogP contribution >= 0.6 is 22.9 Å². The van der Waals surface area contributed by atoms with Crippen molar-refractivity contribution in [1.82, 2.24) is 10.4 Å². The number of amides is 2. The highest BCUT2D eigenvalue weighted by molar-refractivity contribution is 7.14. The topological polar surface area (TPSA) is 105 Å². The van der Waals surface area contributed by atoms with E-state index in [2.05, 4.69) is 10.7 Å². The maximum atomic E-state index is 12.4. The molecule has 2 N–H and O–H groups in total. The first-order valence-electron chi connectivity index (χ1n) is 6.60. The van der Waals surface area contributed by atoms with Gasteiger partial charge in [0.05, 0.1) is 10.5 Å². The summed E-state index contributed by atoms with van der Waals surface area (Å²) in [5, 5.41) is 17.2. The fraction of sp³-hybridized carbons (Fsp3) is 0.143. The Morgan fingerprint density at radius 3 is 2.54 bits per heavy atom. The molecule has 0 fully saturated rings. The van der Waals surface area contributed by atoms with Crippen LogP contribution < -0.4 is 10.7 Å². The van der Waals surface area contributed by atoms with Gasteiger partial charge in [-0.15, -0.1) is 11.3 Å². The molecule has 1 aromatic carbocycles. The van der Waals surface area contributed by atoms with Crippen molar-refractivity contribution < 1.29 is 14.5 Å². The molecule has 0 unspecified atom stereocenters. The van der Waals surface area contributed by atoms with E-state index in [1.54, 1.807) is 25.5 Å². The van der Waals surface area contributed by atoms with Crippen LogP contribution in [0.5, 0.6) is 0 Å². The number of carbonyl (C=O) groups is 2. The predicted molar refractivity (Wildman–Crippen MR) is 91.5 cm³/mol. The molecular formula is C14H13ClN4O4S. The van der Waals surface area contributed by atoms with Crippen LogP contribution in [0.25, 0.3) is 0 Å². The van der Waals surface area contributed by atoms with E-state index in [4.69, 9.17) is 11.6 Å². The van der Waals surface area contributed by atoms with Crippen molar-refractivity contribution in [2.45, 2.75) is 0 Å². The van der Waals surface area contributed by atoms with Crippen molar-refractivity contribution in [2.24, 2.45) is 0 Å². The van der Waals surface area contributed by atoms with Crippen molar-refractivity contribution >= 4 is 45.4 Å². The van der Waals surface area contributed by atoms with Gasteiger partial charge in [0.2, 0.25) is 0 Å². The molecule has 1 aromatic heterocycles. The van der Waals surface area contributed by atoms with Crippen LogP contribution in [0.15, 0.2) is 29.6 Å². The smallest absolute Gasteiger partial charge is 0.282 e. The summed E-state index contributed by atoms with van der Waals surface area (Å²) in [4.78, 5) is 34.8. The van der Waals surface area contributed by atoms with Crippen molar-refractivity contribution in [3.05, 3.63) is 55.9 Å². The number of hydrogen-bond donors (Lipinski definition) is 2. The van der Waals surface area contributed by atoms with Gasteiger partial charge >= 0.3 is 0 Å². The number of nitro benzene ring substituents is 1. The van der Waals surface area contributed by atoms with Crippen LogP contribution in [0.1, 0.15) is 20.7 Å². The Labute approximate surface area is 146 Å². The van der Waals surface area contributed by atoms with E-state index < -0.39 is 16.7 Å². The lowest BCUT2D eigenvalue weighted by Gasteiger charge is -2.12. The van der Waals surface area contributed by atoms with E-state index in [1.807, 2.05) is 0 Å². The van der Waals surface area contributed by atoms with Gasteiger partial charge in [0.25, 0.3) is 17.5 Å². The molecule has 0 aliphatic carbocycles. The molecule has 2 aromatic rings. The van der Waals surface area contributed by atoms with Gasteiger partial charge in [0.15, 0.2) is 0 Å². The zero-order valence-electron chi connectivity index (χ0n) is 12.7. The number of thiophene rings is 1. The van der Waals surface area contributed by atoms with E-state index in [1.165, 1.54) is 17.1 Å². The average molecular weight is 369 g/mol. The predicted octanol–water partition coefficient (Wildman–Crippen LogP) is 2.77. The molecule has 0 aliphatic heterocycles. The van der Waals surface area contributed by atoms with Crippen LogP contribution in [-0.4, -0.2) is 35.8 Å². The Morgan fingerprint density at radius 2 is 1.92 bits per heavy atom. The molecule has 0 atom stereocenters. The second kappa shape index (κ2) is 7.39. The minimum atomic E-state index is -0.717. The number of nitrogens with zero attached hydrogens (tertiary/aromatic N) is 2. The average Bonchev–Trinajstić information content (AvgIpc) is 2.94. The summed E-state index contributed by atoms with van der Waals surface area (Å²) in [6, 6.07) is 5.25. The van der Waals surface area contributed by atoms with Crippen molar-refractivity contribution in [3.8, 4) is 0 Å². The summed E-state index contributed by atoms with van der Waals surface area (Å²) in [7, 11) is 3.30. The Hall–Kier alpha value is -2.49. The first kappa shape index (κ1) is 17.9. The Balaban J connectivity index is 2.29. The van der Waals surface area contributed by atoms with E-state index in [9.17, 15) is 19.7 Å². The van der Waals surface area contributed by atoms with Crippen molar-refractivity contribution in [3.63, 3.8) is 0 Å². The van der Waals surface area contributed by atoms with Gasteiger partial charge in [-0.05, 0) is 23.6 Å². The van der Waals surface area contributed by atoms with E-state index >= 15 is 0 Å². The molecule has 1 heterocycles. The highest BCUT2D eigenvalue weighted by Gasteiger charge is 2.23. The van der Waals surface area contributed by atoms with Gasteiger partial charge in [-0.25, -0.2) is 5.01 Å². The molecule has 126 valence electrons. The monoisotopic (exact) mass is 368 g/mol. The molecule has 0 radical (unpaired) electrons. The van der Waals surface area contributed by atoms with Crippen molar-refractivity contribution in [2.75, 3.05) is 19.4 Å². The highest BCUT2D eigenvalue weighted by atomic mass is 35.5. The largest absolute Gasteiger partial charge is 0.313 e. The van der Waals surface area contributed by atoms with Crippen LogP contribution in [-0.2, 0) is 0 Å². The molecule has 24 heavy (non-hydrogen) atoms. The number of nitrogens with one attached hydrogen (secondary N) is 2. The Bertz CT molecular complexity index is 806. The summed E-state index contributed by atoms with van der Waals surface area (Å²) in [6.07, 6.45) is 0. The van der Waals surface area contributed by atoms with Crippen LogP contribution in [0.4, 0.5) is 10.7 Å². The summed E-state index contributed by atoms with van der Waals surface area (Å²) >= 11 is 6.95. The van der Waals surface area contributed by atoms with Gasteiger partial charge in [-0.1, -0.05) is 11.6 Å². The summed E-state index contributed by atoms with van der Waals surface area (Å²) in [6.45, 7) is 0.